The first kappa shape index (κ1) is 14.5. The number of hydrazone groups is 1. The van der Waals surface area contributed by atoms with Gasteiger partial charge in [-0.15, -0.1) is 0 Å². The summed E-state index contributed by atoms with van der Waals surface area (Å²) in [6.07, 6.45) is 3.71. The molecule has 0 aromatic heterocycles. The first-order chi connectivity index (χ1) is 10.2. The molecule has 0 fully saturated rings. The molecule has 0 aliphatic carbocycles. The Hall–Kier alpha value is -2.88. The Kier molecular flexibility index (Phi) is 4.88. The van der Waals surface area contributed by atoms with Crippen molar-refractivity contribution in [3.63, 3.8) is 0 Å². The Morgan fingerprint density at radius 3 is 2.48 bits per heavy atom. The van der Waals surface area contributed by atoms with Crippen LogP contribution in [0.2, 0.25) is 0 Å². The van der Waals surface area contributed by atoms with Gasteiger partial charge >= 0.3 is 0 Å². The summed E-state index contributed by atoms with van der Waals surface area (Å²) in [5, 5.41) is 13.6. The van der Waals surface area contributed by atoms with E-state index in [1.807, 2.05) is 36.4 Å². The van der Waals surface area contributed by atoms with Crippen LogP contribution in [0.4, 0.5) is 0 Å². The molecular formula is C17H16N2O2. The highest BCUT2D eigenvalue weighted by molar-refractivity contribution is 6.00. The maximum atomic E-state index is 11.8. The molecule has 0 saturated carbocycles. The van der Waals surface area contributed by atoms with Gasteiger partial charge in [-0.05, 0) is 30.7 Å². The van der Waals surface area contributed by atoms with E-state index in [-0.39, 0.29) is 11.3 Å². The number of allylic oxidation sites excluding steroid dienone is 1. The third-order valence-corrected chi connectivity index (χ3v) is 2.80. The summed E-state index contributed by atoms with van der Waals surface area (Å²) in [6.45, 7) is 1.78. The summed E-state index contributed by atoms with van der Waals surface area (Å²) < 4.78 is 0. The predicted octanol–water partition coefficient (Wildman–Crippen LogP) is 3.21. The summed E-state index contributed by atoms with van der Waals surface area (Å²) in [7, 11) is 0. The Bertz CT molecular complexity index is 676. The van der Waals surface area contributed by atoms with Crippen LogP contribution in [0.5, 0.6) is 5.75 Å². The van der Waals surface area contributed by atoms with Gasteiger partial charge in [0.05, 0.1) is 11.3 Å². The minimum absolute atomic E-state index is 0.0670. The molecule has 4 nitrogen and oxygen atoms in total. The summed E-state index contributed by atoms with van der Waals surface area (Å²) in [5.74, 6) is -0.511. The van der Waals surface area contributed by atoms with Crippen LogP contribution in [0.15, 0.2) is 65.8 Å². The van der Waals surface area contributed by atoms with Gasteiger partial charge in [0.1, 0.15) is 5.75 Å². The van der Waals surface area contributed by atoms with Gasteiger partial charge in [0.25, 0.3) is 5.91 Å². The zero-order chi connectivity index (χ0) is 15.1. The Morgan fingerprint density at radius 1 is 1.10 bits per heavy atom. The number of carbonyl (C=O) groups excluding carboxylic acids is 1. The Morgan fingerprint density at radius 2 is 1.76 bits per heavy atom. The number of nitrogens with zero attached hydrogens (tertiary/aromatic N) is 1. The van der Waals surface area contributed by atoms with E-state index < -0.39 is 5.91 Å². The molecule has 0 heterocycles. The standard InChI is InChI=1S/C17H16N2O2/c1-13(11-12-14-7-3-2-4-8-14)18-19-17(21)15-9-5-6-10-16(15)20/h2-12,20H,1H3,(H,19,21). The van der Waals surface area contributed by atoms with Gasteiger partial charge < -0.3 is 5.11 Å². The van der Waals surface area contributed by atoms with E-state index in [1.165, 1.54) is 12.1 Å². The molecule has 1 amide bonds. The first-order valence-corrected chi connectivity index (χ1v) is 6.52. The summed E-state index contributed by atoms with van der Waals surface area (Å²) >= 11 is 0. The number of rotatable bonds is 4. The lowest BCUT2D eigenvalue weighted by Gasteiger charge is -2.02. The first-order valence-electron chi connectivity index (χ1n) is 6.52. The normalized spacial score (nSPS) is 11.6. The van der Waals surface area contributed by atoms with Crippen molar-refractivity contribution in [2.45, 2.75) is 6.92 Å². The largest absolute Gasteiger partial charge is 0.507 e. The number of phenols is 1. The fraction of sp³-hybridized carbons (Fsp3) is 0.0588. The molecule has 0 unspecified atom stereocenters. The van der Waals surface area contributed by atoms with Crippen molar-refractivity contribution in [3.8, 4) is 5.75 Å². The molecule has 0 atom stereocenters. The summed E-state index contributed by atoms with van der Waals surface area (Å²) in [5.41, 5.74) is 4.32. The minimum atomic E-state index is -0.444. The van der Waals surface area contributed by atoms with Crippen LogP contribution in [-0.4, -0.2) is 16.7 Å². The van der Waals surface area contributed by atoms with Crippen molar-refractivity contribution in [2.75, 3.05) is 0 Å². The number of amides is 1. The van der Waals surface area contributed by atoms with Crippen LogP contribution in [0.1, 0.15) is 22.8 Å². The van der Waals surface area contributed by atoms with Gasteiger partial charge in [-0.25, -0.2) is 5.43 Å². The number of phenolic OH excluding ortho intramolecular Hbond substituents is 1. The number of carbonyl (C=O) groups is 1. The molecule has 0 saturated heterocycles. The van der Waals surface area contributed by atoms with E-state index in [2.05, 4.69) is 10.5 Å². The van der Waals surface area contributed by atoms with Crippen LogP contribution in [0, 0.1) is 0 Å². The topological polar surface area (TPSA) is 61.7 Å². The van der Waals surface area contributed by atoms with E-state index in [1.54, 1.807) is 25.1 Å². The van der Waals surface area contributed by atoms with Gasteiger partial charge in [0.2, 0.25) is 0 Å². The lowest BCUT2D eigenvalue weighted by Crippen LogP contribution is -2.18. The lowest BCUT2D eigenvalue weighted by molar-refractivity contribution is 0.0952. The van der Waals surface area contributed by atoms with Gasteiger partial charge in [0, 0.05) is 0 Å². The minimum Gasteiger partial charge on any atom is -0.507 e. The van der Waals surface area contributed by atoms with Crippen molar-refractivity contribution < 1.29 is 9.90 Å². The number of para-hydroxylation sites is 1. The van der Waals surface area contributed by atoms with Crippen molar-refractivity contribution in [2.24, 2.45) is 5.10 Å². The molecule has 0 aliphatic heterocycles. The highest BCUT2D eigenvalue weighted by Crippen LogP contribution is 2.14. The fourth-order valence-electron chi connectivity index (χ4n) is 1.68. The molecule has 106 valence electrons. The molecule has 4 heteroatoms. The molecule has 2 aromatic carbocycles. The molecule has 0 radical (unpaired) electrons. The lowest BCUT2D eigenvalue weighted by atomic mass is 10.2. The average molecular weight is 280 g/mol. The fourth-order valence-corrected chi connectivity index (χ4v) is 1.68. The summed E-state index contributed by atoms with van der Waals surface area (Å²) in [6, 6.07) is 16.1. The monoisotopic (exact) mass is 280 g/mol. The predicted molar refractivity (Wildman–Crippen MR) is 84.2 cm³/mol. The van der Waals surface area contributed by atoms with Gasteiger partial charge in [-0.1, -0.05) is 48.5 Å². The van der Waals surface area contributed by atoms with Crippen molar-refractivity contribution >= 4 is 17.7 Å². The smallest absolute Gasteiger partial charge is 0.275 e. The Balaban J connectivity index is 1.99. The van der Waals surface area contributed by atoms with E-state index in [4.69, 9.17) is 0 Å². The zero-order valence-corrected chi connectivity index (χ0v) is 11.7. The molecule has 0 bridgehead atoms. The number of nitrogens with one attached hydrogen (secondary N) is 1. The SMILES string of the molecule is CC(C=Cc1ccccc1)=NNC(=O)c1ccccc1O. The van der Waals surface area contributed by atoms with Crippen molar-refractivity contribution in [1.29, 1.82) is 0 Å². The van der Waals surface area contributed by atoms with Gasteiger partial charge in [-0.3, -0.25) is 4.79 Å². The maximum absolute atomic E-state index is 11.8. The number of hydrogen-bond donors (Lipinski definition) is 2. The molecule has 0 aliphatic rings. The second-order valence-corrected chi connectivity index (χ2v) is 4.46. The second-order valence-electron chi connectivity index (χ2n) is 4.46. The molecule has 2 aromatic rings. The van der Waals surface area contributed by atoms with Crippen LogP contribution in [0.25, 0.3) is 6.08 Å². The van der Waals surface area contributed by atoms with Crippen LogP contribution in [0.3, 0.4) is 0 Å². The quantitative estimate of drug-likeness (QED) is 0.667. The molecule has 2 rings (SSSR count). The highest BCUT2D eigenvalue weighted by Gasteiger charge is 2.08. The highest BCUT2D eigenvalue weighted by atomic mass is 16.3. The van der Waals surface area contributed by atoms with Gasteiger partial charge in [-0.2, -0.15) is 5.10 Å². The van der Waals surface area contributed by atoms with Crippen LogP contribution in [-0.2, 0) is 0 Å². The van der Waals surface area contributed by atoms with Crippen molar-refractivity contribution in [1.82, 2.24) is 5.43 Å². The molecular weight excluding hydrogens is 264 g/mol. The van der Waals surface area contributed by atoms with E-state index in [0.717, 1.165) is 5.56 Å². The Labute approximate surface area is 123 Å². The molecule has 21 heavy (non-hydrogen) atoms. The van der Waals surface area contributed by atoms with Crippen molar-refractivity contribution in [3.05, 3.63) is 71.8 Å². The third-order valence-electron chi connectivity index (χ3n) is 2.80. The third kappa shape index (κ3) is 4.31. The maximum Gasteiger partial charge on any atom is 0.275 e. The van der Waals surface area contributed by atoms with E-state index >= 15 is 0 Å². The van der Waals surface area contributed by atoms with Gasteiger partial charge in [0.15, 0.2) is 0 Å². The average Bonchev–Trinajstić information content (AvgIpc) is 2.52. The van der Waals surface area contributed by atoms with Crippen LogP contribution >= 0.6 is 0 Å². The summed E-state index contributed by atoms with van der Waals surface area (Å²) in [4.78, 5) is 11.8. The van der Waals surface area contributed by atoms with Crippen LogP contribution < -0.4 is 5.43 Å². The van der Waals surface area contributed by atoms with E-state index in [0.29, 0.717) is 5.71 Å². The number of aromatic hydroxyl groups is 1. The number of hydrogen-bond acceptors (Lipinski definition) is 3. The zero-order valence-electron chi connectivity index (χ0n) is 11.7. The molecule has 2 N–H and O–H groups in total. The van der Waals surface area contributed by atoms with E-state index in [9.17, 15) is 9.90 Å². The second kappa shape index (κ2) is 7.05. The number of benzene rings is 2. The molecule has 0 spiro atoms.